The third-order valence-corrected chi connectivity index (χ3v) is 4.99. The van der Waals surface area contributed by atoms with Gasteiger partial charge in [0.05, 0.1) is 0 Å². The zero-order chi connectivity index (χ0) is 17.1. The van der Waals surface area contributed by atoms with Gasteiger partial charge in [0.15, 0.2) is 0 Å². The van der Waals surface area contributed by atoms with Gasteiger partial charge in [-0.25, -0.2) is 4.98 Å². The number of allylic oxidation sites excluding steroid dienone is 1. The van der Waals surface area contributed by atoms with E-state index in [0.29, 0.717) is 0 Å². The van der Waals surface area contributed by atoms with E-state index in [-0.39, 0.29) is 0 Å². The minimum absolute atomic E-state index is 0.796. The van der Waals surface area contributed by atoms with Gasteiger partial charge in [-0.3, -0.25) is 4.90 Å². The lowest BCUT2D eigenvalue weighted by Gasteiger charge is -2.25. The second-order valence-electron chi connectivity index (χ2n) is 6.33. The molecule has 1 aliphatic heterocycles. The maximum absolute atomic E-state index is 6.21. The van der Waals surface area contributed by atoms with Crippen LogP contribution in [0.5, 0.6) is 0 Å². The number of aromatic amines is 1. The Balaban J connectivity index is 1.41. The molecule has 3 nitrogen and oxygen atoms in total. The molecule has 1 aliphatic rings. The van der Waals surface area contributed by atoms with Gasteiger partial charge >= 0.3 is 0 Å². The van der Waals surface area contributed by atoms with Crippen LogP contribution in [0.25, 0.3) is 17.1 Å². The van der Waals surface area contributed by atoms with Crippen molar-refractivity contribution in [3.8, 4) is 0 Å². The zero-order valence-corrected chi connectivity index (χ0v) is 14.7. The standard InChI is InChI=1S/C21H20ClN3/c22-20-6-2-1-4-17(20)8-7-16-9-12-25(13-10-16)15-18-14-24-21-19(18)5-3-11-23-21/h1-9,11,14H,10,12-13,15H2,(H,23,24)/b8-7+. The molecule has 0 unspecified atom stereocenters. The summed E-state index contributed by atoms with van der Waals surface area (Å²) < 4.78 is 0. The lowest BCUT2D eigenvalue weighted by atomic mass is 10.1. The summed E-state index contributed by atoms with van der Waals surface area (Å²) in [7, 11) is 0. The first-order valence-electron chi connectivity index (χ1n) is 8.54. The molecule has 4 rings (SSSR count). The molecule has 3 aromatic rings. The Bertz CT molecular complexity index is 939. The smallest absolute Gasteiger partial charge is 0.137 e. The maximum Gasteiger partial charge on any atom is 0.137 e. The molecule has 0 atom stereocenters. The quantitative estimate of drug-likeness (QED) is 0.713. The molecule has 0 spiro atoms. The van der Waals surface area contributed by atoms with Crippen LogP contribution in [0.4, 0.5) is 0 Å². The van der Waals surface area contributed by atoms with Gasteiger partial charge in [-0.1, -0.05) is 48.0 Å². The molecule has 0 bridgehead atoms. The van der Waals surface area contributed by atoms with Crippen LogP contribution in [0.2, 0.25) is 5.02 Å². The number of benzene rings is 1. The highest BCUT2D eigenvalue weighted by Crippen LogP contribution is 2.22. The van der Waals surface area contributed by atoms with Crippen molar-refractivity contribution in [3.63, 3.8) is 0 Å². The number of H-pyrrole nitrogens is 1. The largest absolute Gasteiger partial charge is 0.346 e. The monoisotopic (exact) mass is 349 g/mol. The molecule has 25 heavy (non-hydrogen) atoms. The molecule has 0 aliphatic carbocycles. The normalized spacial score (nSPS) is 15.8. The van der Waals surface area contributed by atoms with Crippen molar-refractivity contribution in [2.24, 2.45) is 0 Å². The first-order chi connectivity index (χ1) is 12.3. The maximum atomic E-state index is 6.21. The number of halogens is 1. The van der Waals surface area contributed by atoms with Crippen molar-refractivity contribution >= 4 is 28.7 Å². The molecule has 3 heterocycles. The second-order valence-corrected chi connectivity index (χ2v) is 6.74. The molecule has 2 aromatic heterocycles. The van der Waals surface area contributed by atoms with Gasteiger partial charge in [-0.2, -0.15) is 0 Å². The van der Waals surface area contributed by atoms with Gasteiger partial charge < -0.3 is 4.98 Å². The summed E-state index contributed by atoms with van der Waals surface area (Å²) in [5, 5.41) is 2.01. The van der Waals surface area contributed by atoms with Crippen molar-refractivity contribution in [1.29, 1.82) is 0 Å². The molecule has 0 radical (unpaired) electrons. The first kappa shape index (κ1) is 16.1. The highest BCUT2D eigenvalue weighted by molar-refractivity contribution is 6.32. The highest BCUT2D eigenvalue weighted by atomic mass is 35.5. The Morgan fingerprint density at radius 2 is 2.08 bits per heavy atom. The Kier molecular flexibility index (Phi) is 4.68. The fraction of sp³-hybridized carbons (Fsp3) is 0.190. The van der Waals surface area contributed by atoms with Gasteiger partial charge in [0.2, 0.25) is 0 Å². The van der Waals surface area contributed by atoms with Crippen molar-refractivity contribution < 1.29 is 0 Å². The van der Waals surface area contributed by atoms with E-state index in [4.69, 9.17) is 11.6 Å². The van der Waals surface area contributed by atoms with E-state index in [0.717, 1.165) is 42.3 Å². The fourth-order valence-corrected chi connectivity index (χ4v) is 3.41. The van der Waals surface area contributed by atoms with E-state index >= 15 is 0 Å². The van der Waals surface area contributed by atoms with E-state index in [1.165, 1.54) is 16.5 Å². The molecular formula is C21H20ClN3. The van der Waals surface area contributed by atoms with Gasteiger partial charge in [0.1, 0.15) is 5.65 Å². The summed E-state index contributed by atoms with van der Waals surface area (Å²) in [6.07, 6.45) is 11.6. The Labute approximate surface area is 152 Å². The van der Waals surface area contributed by atoms with Gasteiger partial charge in [0.25, 0.3) is 0 Å². The predicted molar refractivity (Wildman–Crippen MR) is 105 cm³/mol. The molecular weight excluding hydrogens is 330 g/mol. The van der Waals surface area contributed by atoms with E-state index in [9.17, 15) is 0 Å². The minimum Gasteiger partial charge on any atom is -0.346 e. The Morgan fingerprint density at radius 3 is 2.92 bits per heavy atom. The molecule has 4 heteroatoms. The van der Waals surface area contributed by atoms with Crippen LogP contribution in [0.1, 0.15) is 17.5 Å². The average Bonchev–Trinajstić information content (AvgIpc) is 3.05. The van der Waals surface area contributed by atoms with Crippen LogP contribution < -0.4 is 0 Å². The summed E-state index contributed by atoms with van der Waals surface area (Å²) in [5.74, 6) is 0. The molecule has 0 saturated carbocycles. The lowest BCUT2D eigenvalue weighted by Crippen LogP contribution is -2.27. The van der Waals surface area contributed by atoms with Gasteiger partial charge in [-0.05, 0) is 41.3 Å². The second kappa shape index (κ2) is 7.26. The number of rotatable bonds is 4. The van der Waals surface area contributed by atoms with Crippen LogP contribution in [0.3, 0.4) is 0 Å². The summed E-state index contributed by atoms with van der Waals surface area (Å²) >= 11 is 6.21. The number of fused-ring (bicyclic) bond motifs is 1. The lowest BCUT2D eigenvalue weighted by molar-refractivity contribution is 0.288. The Hall–Kier alpha value is -2.36. The molecule has 1 N–H and O–H groups in total. The van der Waals surface area contributed by atoms with Crippen LogP contribution in [-0.4, -0.2) is 28.0 Å². The SMILES string of the molecule is Clc1ccccc1/C=C/C1=CCN(Cc2c[nH]c3ncccc23)CC1. The summed E-state index contributed by atoms with van der Waals surface area (Å²) in [5.41, 5.74) is 4.72. The third kappa shape index (κ3) is 3.68. The molecule has 0 saturated heterocycles. The summed E-state index contributed by atoms with van der Waals surface area (Å²) in [6, 6.07) is 12.1. The van der Waals surface area contributed by atoms with Crippen LogP contribution in [0.15, 0.2) is 66.5 Å². The topological polar surface area (TPSA) is 31.9 Å². The van der Waals surface area contributed by atoms with Crippen molar-refractivity contribution in [3.05, 3.63) is 82.7 Å². The van der Waals surface area contributed by atoms with E-state index in [1.54, 1.807) is 0 Å². The molecule has 0 fully saturated rings. The molecule has 0 amide bonds. The average molecular weight is 350 g/mol. The van der Waals surface area contributed by atoms with Crippen molar-refractivity contribution in [1.82, 2.24) is 14.9 Å². The first-order valence-corrected chi connectivity index (χ1v) is 8.92. The number of nitrogens with zero attached hydrogens (tertiary/aromatic N) is 2. The van der Waals surface area contributed by atoms with E-state index in [2.05, 4.69) is 45.4 Å². The summed E-state index contributed by atoms with van der Waals surface area (Å²) in [6.45, 7) is 2.98. The summed E-state index contributed by atoms with van der Waals surface area (Å²) in [4.78, 5) is 10.1. The zero-order valence-electron chi connectivity index (χ0n) is 14.0. The van der Waals surface area contributed by atoms with Gasteiger partial charge in [0, 0.05) is 42.4 Å². The fourth-order valence-electron chi connectivity index (χ4n) is 3.21. The van der Waals surface area contributed by atoms with Crippen LogP contribution in [0, 0.1) is 0 Å². The molecule has 1 aromatic carbocycles. The van der Waals surface area contributed by atoms with E-state index < -0.39 is 0 Å². The number of nitrogens with one attached hydrogen (secondary N) is 1. The van der Waals surface area contributed by atoms with E-state index in [1.807, 2.05) is 36.5 Å². The minimum atomic E-state index is 0.796. The Morgan fingerprint density at radius 1 is 1.16 bits per heavy atom. The molecule has 126 valence electrons. The van der Waals surface area contributed by atoms with Crippen LogP contribution in [-0.2, 0) is 6.54 Å². The van der Waals surface area contributed by atoms with Crippen LogP contribution >= 0.6 is 11.6 Å². The third-order valence-electron chi connectivity index (χ3n) is 4.64. The number of hydrogen-bond donors (Lipinski definition) is 1. The van der Waals surface area contributed by atoms with Crippen molar-refractivity contribution in [2.45, 2.75) is 13.0 Å². The number of aromatic nitrogens is 2. The number of pyridine rings is 1. The number of hydrogen-bond acceptors (Lipinski definition) is 2. The highest BCUT2D eigenvalue weighted by Gasteiger charge is 2.13. The van der Waals surface area contributed by atoms with Crippen molar-refractivity contribution in [2.75, 3.05) is 13.1 Å². The van der Waals surface area contributed by atoms with Gasteiger partial charge in [-0.15, -0.1) is 0 Å². The predicted octanol–water partition coefficient (Wildman–Crippen LogP) is 5.06.